The molecule has 0 aliphatic rings. The predicted octanol–water partition coefficient (Wildman–Crippen LogP) is 5.54. The summed E-state index contributed by atoms with van der Waals surface area (Å²) in [7, 11) is 1.65. The molecule has 1 heterocycles. The first-order chi connectivity index (χ1) is 11.5. The molecule has 2 aromatic rings. The summed E-state index contributed by atoms with van der Waals surface area (Å²) >= 11 is 0. The molecule has 0 fully saturated rings. The van der Waals surface area contributed by atoms with Gasteiger partial charge in [-0.25, -0.2) is 4.98 Å². The first-order valence-electron chi connectivity index (χ1n) is 8.68. The lowest BCUT2D eigenvalue weighted by Gasteiger charge is -2.09. The Kier molecular flexibility index (Phi) is 11.6. The van der Waals surface area contributed by atoms with Gasteiger partial charge in [-0.2, -0.15) is 0 Å². The summed E-state index contributed by atoms with van der Waals surface area (Å²) in [6.07, 6.45) is 1.74. The third kappa shape index (κ3) is 7.14. The van der Waals surface area contributed by atoms with E-state index in [0.717, 1.165) is 17.0 Å². The number of benzene rings is 1. The number of rotatable bonds is 4. The lowest BCUT2D eigenvalue weighted by atomic mass is 9.98. The van der Waals surface area contributed by atoms with E-state index < -0.39 is 0 Å². The Labute approximate surface area is 147 Å². The molecule has 1 aromatic carbocycles. The fraction of sp³-hybridized carbons (Fsp3) is 0.476. The minimum absolute atomic E-state index is 0.147. The molecule has 0 amide bonds. The second-order valence-corrected chi connectivity index (χ2v) is 5.77. The zero-order valence-electron chi connectivity index (χ0n) is 16.2. The van der Waals surface area contributed by atoms with Crippen LogP contribution in [0.25, 0.3) is 0 Å². The average Bonchev–Trinajstić information content (AvgIpc) is 2.63. The summed E-state index contributed by atoms with van der Waals surface area (Å²) < 4.78 is 5.10. The molecule has 0 aliphatic heterocycles. The van der Waals surface area contributed by atoms with Crippen LogP contribution in [0, 0.1) is 0 Å². The number of aromatic nitrogens is 1. The van der Waals surface area contributed by atoms with E-state index in [2.05, 4.69) is 38.7 Å². The van der Waals surface area contributed by atoms with Crippen LogP contribution in [0.15, 0.2) is 42.6 Å². The van der Waals surface area contributed by atoms with E-state index in [0.29, 0.717) is 11.8 Å². The van der Waals surface area contributed by atoms with Crippen LogP contribution in [-0.2, 0) is 6.61 Å². The molecule has 0 bridgehead atoms. The summed E-state index contributed by atoms with van der Waals surface area (Å²) in [6.45, 7) is 12.7. The van der Waals surface area contributed by atoms with Gasteiger partial charge in [0.15, 0.2) is 0 Å². The SMILES string of the molecule is CC.CC(C)c1ccccc1CO.COc1ncccc1C(C)C. The third-order valence-electron chi connectivity index (χ3n) is 3.46. The van der Waals surface area contributed by atoms with Crippen molar-refractivity contribution >= 4 is 0 Å². The summed E-state index contributed by atoms with van der Waals surface area (Å²) in [6, 6.07) is 12.0. The Bertz CT molecular complexity index is 514. The smallest absolute Gasteiger partial charge is 0.216 e. The molecule has 0 radical (unpaired) electrons. The van der Waals surface area contributed by atoms with Gasteiger partial charge < -0.3 is 9.84 Å². The average molecular weight is 332 g/mol. The van der Waals surface area contributed by atoms with E-state index in [1.807, 2.05) is 44.2 Å². The molecule has 1 N–H and O–H groups in total. The molecular formula is C21H33NO2. The number of methoxy groups -OCH3 is 1. The van der Waals surface area contributed by atoms with Crippen molar-refractivity contribution in [2.75, 3.05) is 7.11 Å². The number of aliphatic hydroxyl groups is 1. The molecule has 134 valence electrons. The van der Waals surface area contributed by atoms with Gasteiger partial charge >= 0.3 is 0 Å². The molecule has 2 rings (SSSR count). The van der Waals surface area contributed by atoms with Crippen molar-refractivity contribution in [1.82, 2.24) is 4.98 Å². The summed E-state index contributed by atoms with van der Waals surface area (Å²) in [5, 5.41) is 8.97. The molecule has 0 spiro atoms. The normalized spacial score (nSPS) is 9.75. The highest BCUT2D eigenvalue weighted by molar-refractivity contribution is 5.29. The predicted molar refractivity (Wildman–Crippen MR) is 103 cm³/mol. The Hall–Kier alpha value is -1.87. The monoisotopic (exact) mass is 331 g/mol. The van der Waals surface area contributed by atoms with Crippen LogP contribution in [0.2, 0.25) is 0 Å². The Morgan fingerprint density at radius 2 is 1.46 bits per heavy atom. The summed E-state index contributed by atoms with van der Waals surface area (Å²) in [5.74, 6) is 1.71. The van der Waals surface area contributed by atoms with Crippen LogP contribution in [0.3, 0.4) is 0 Å². The van der Waals surface area contributed by atoms with Crippen LogP contribution in [0.5, 0.6) is 5.88 Å². The standard InChI is InChI=1S/C10H14O.C9H13NO.C2H6/c1-8(2)10-6-4-3-5-9(10)7-11;1-7(2)8-5-4-6-10-9(8)11-3;1-2/h3-6,8,11H,7H2,1-2H3;4-7H,1-3H3;1-2H3. The fourth-order valence-corrected chi connectivity index (χ4v) is 2.25. The molecule has 0 saturated heterocycles. The maximum atomic E-state index is 8.97. The highest BCUT2D eigenvalue weighted by Gasteiger charge is 2.05. The highest BCUT2D eigenvalue weighted by Crippen LogP contribution is 2.22. The number of nitrogens with zero attached hydrogens (tertiary/aromatic N) is 1. The van der Waals surface area contributed by atoms with Crippen LogP contribution >= 0.6 is 0 Å². The van der Waals surface area contributed by atoms with E-state index in [4.69, 9.17) is 9.84 Å². The van der Waals surface area contributed by atoms with Crippen LogP contribution < -0.4 is 4.74 Å². The minimum atomic E-state index is 0.147. The van der Waals surface area contributed by atoms with Gasteiger partial charge in [-0.05, 0) is 29.0 Å². The summed E-state index contributed by atoms with van der Waals surface area (Å²) in [4.78, 5) is 4.10. The van der Waals surface area contributed by atoms with Crippen LogP contribution in [0.4, 0.5) is 0 Å². The molecular weight excluding hydrogens is 298 g/mol. The van der Waals surface area contributed by atoms with Gasteiger partial charge in [0.1, 0.15) is 0 Å². The van der Waals surface area contributed by atoms with E-state index in [1.165, 1.54) is 5.56 Å². The topological polar surface area (TPSA) is 42.4 Å². The lowest BCUT2D eigenvalue weighted by Crippen LogP contribution is -1.95. The molecule has 24 heavy (non-hydrogen) atoms. The van der Waals surface area contributed by atoms with Crippen molar-refractivity contribution in [2.24, 2.45) is 0 Å². The molecule has 0 unspecified atom stereocenters. The van der Waals surface area contributed by atoms with Gasteiger partial charge in [0.2, 0.25) is 5.88 Å². The van der Waals surface area contributed by atoms with Crippen molar-refractivity contribution in [1.29, 1.82) is 0 Å². The number of aliphatic hydroxyl groups excluding tert-OH is 1. The van der Waals surface area contributed by atoms with Crippen molar-refractivity contribution in [3.8, 4) is 5.88 Å². The first-order valence-corrected chi connectivity index (χ1v) is 8.68. The quantitative estimate of drug-likeness (QED) is 0.799. The second-order valence-electron chi connectivity index (χ2n) is 5.77. The zero-order valence-corrected chi connectivity index (χ0v) is 16.2. The minimum Gasteiger partial charge on any atom is -0.481 e. The molecule has 3 nitrogen and oxygen atoms in total. The van der Waals surface area contributed by atoms with Gasteiger partial charge in [-0.1, -0.05) is 71.9 Å². The molecule has 0 saturated carbocycles. The van der Waals surface area contributed by atoms with Gasteiger partial charge in [0, 0.05) is 11.8 Å². The second kappa shape index (κ2) is 12.5. The highest BCUT2D eigenvalue weighted by atomic mass is 16.5. The van der Waals surface area contributed by atoms with Crippen LogP contribution in [0.1, 0.15) is 70.1 Å². The largest absolute Gasteiger partial charge is 0.481 e. The van der Waals surface area contributed by atoms with Crippen molar-refractivity contribution < 1.29 is 9.84 Å². The Morgan fingerprint density at radius 1 is 0.917 bits per heavy atom. The van der Waals surface area contributed by atoms with E-state index in [1.54, 1.807) is 13.3 Å². The van der Waals surface area contributed by atoms with Crippen molar-refractivity contribution in [3.05, 3.63) is 59.3 Å². The van der Waals surface area contributed by atoms with E-state index >= 15 is 0 Å². The van der Waals surface area contributed by atoms with Crippen molar-refractivity contribution in [3.63, 3.8) is 0 Å². The van der Waals surface area contributed by atoms with Gasteiger partial charge in [-0.3, -0.25) is 0 Å². The van der Waals surface area contributed by atoms with Gasteiger partial charge in [0.05, 0.1) is 13.7 Å². The third-order valence-corrected chi connectivity index (χ3v) is 3.46. The van der Waals surface area contributed by atoms with Gasteiger partial charge in [0.25, 0.3) is 0 Å². The van der Waals surface area contributed by atoms with Crippen LogP contribution in [-0.4, -0.2) is 17.2 Å². The summed E-state index contributed by atoms with van der Waals surface area (Å²) in [5.41, 5.74) is 3.45. The maximum Gasteiger partial charge on any atom is 0.216 e. The number of ether oxygens (including phenoxy) is 1. The number of hydrogen-bond acceptors (Lipinski definition) is 3. The molecule has 0 aliphatic carbocycles. The zero-order chi connectivity index (χ0) is 18.5. The Balaban J connectivity index is 0.000000400. The van der Waals surface area contributed by atoms with Gasteiger partial charge in [-0.15, -0.1) is 0 Å². The number of hydrogen-bond donors (Lipinski definition) is 1. The fourth-order valence-electron chi connectivity index (χ4n) is 2.25. The maximum absolute atomic E-state index is 8.97. The Morgan fingerprint density at radius 3 is 1.88 bits per heavy atom. The van der Waals surface area contributed by atoms with Crippen molar-refractivity contribution in [2.45, 2.75) is 60.0 Å². The lowest BCUT2D eigenvalue weighted by molar-refractivity contribution is 0.280. The van der Waals surface area contributed by atoms with E-state index in [9.17, 15) is 0 Å². The van der Waals surface area contributed by atoms with E-state index in [-0.39, 0.29) is 6.61 Å². The number of pyridine rings is 1. The first kappa shape index (κ1) is 22.1. The molecule has 3 heteroatoms. The molecule has 0 atom stereocenters. The molecule has 1 aromatic heterocycles.